The van der Waals surface area contributed by atoms with Crippen molar-refractivity contribution in [3.8, 4) is 0 Å². The van der Waals surface area contributed by atoms with Crippen molar-refractivity contribution in [1.82, 2.24) is 10.6 Å². The number of rotatable bonds is 9. The molecular formula is C20H23F3N2O2. The van der Waals surface area contributed by atoms with Crippen molar-refractivity contribution in [1.29, 1.82) is 0 Å². The molecule has 0 spiro atoms. The molecule has 0 fully saturated rings. The fourth-order valence-electron chi connectivity index (χ4n) is 2.42. The van der Waals surface area contributed by atoms with Crippen LogP contribution in [0.3, 0.4) is 0 Å². The molecule has 27 heavy (non-hydrogen) atoms. The molecule has 0 aliphatic heterocycles. The standard InChI is InChI=1S/C20H23F3N2O2/c21-20(22,23)15-27-14-18-10-8-17(9-11-18)13-25-19(26)24-12-4-7-16-5-2-1-3-6-16/h1-3,5-6,8-11H,4,7,12-15H2,(H2,24,25,26). The fraction of sp³-hybridized carbons (Fsp3) is 0.350. The molecule has 0 aromatic heterocycles. The predicted octanol–water partition coefficient (Wildman–Crippen LogP) is 4.20. The number of benzene rings is 2. The number of alkyl halides is 3. The molecule has 0 atom stereocenters. The molecule has 0 bridgehead atoms. The first-order valence-corrected chi connectivity index (χ1v) is 8.70. The van der Waals surface area contributed by atoms with Crippen molar-refractivity contribution in [3.05, 3.63) is 71.3 Å². The Morgan fingerprint density at radius 3 is 2.22 bits per heavy atom. The molecule has 0 saturated heterocycles. The molecule has 0 aliphatic rings. The van der Waals surface area contributed by atoms with Crippen LogP contribution >= 0.6 is 0 Å². The van der Waals surface area contributed by atoms with E-state index < -0.39 is 12.8 Å². The molecule has 0 unspecified atom stereocenters. The first-order valence-electron chi connectivity index (χ1n) is 8.70. The van der Waals surface area contributed by atoms with E-state index in [1.165, 1.54) is 5.56 Å². The highest BCUT2D eigenvalue weighted by Gasteiger charge is 2.27. The van der Waals surface area contributed by atoms with E-state index in [2.05, 4.69) is 27.5 Å². The van der Waals surface area contributed by atoms with E-state index in [4.69, 9.17) is 0 Å². The molecule has 7 heteroatoms. The molecule has 0 aliphatic carbocycles. The zero-order chi connectivity index (χ0) is 19.5. The van der Waals surface area contributed by atoms with Crippen LogP contribution in [-0.2, 0) is 24.3 Å². The van der Waals surface area contributed by atoms with E-state index >= 15 is 0 Å². The summed E-state index contributed by atoms with van der Waals surface area (Å²) in [5, 5.41) is 5.55. The van der Waals surface area contributed by atoms with Gasteiger partial charge in [-0.15, -0.1) is 0 Å². The summed E-state index contributed by atoms with van der Waals surface area (Å²) in [5.74, 6) is 0. The van der Waals surface area contributed by atoms with Crippen molar-refractivity contribution in [3.63, 3.8) is 0 Å². The number of carbonyl (C=O) groups is 1. The normalized spacial score (nSPS) is 11.2. The van der Waals surface area contributed by atoms with Crippen LogP contribution in [0.4, 0.5) is 18.0 Å². The Kier molecular flexibility index (Phi) is 8.13. The second-order valence-corrected chi connectivity index (χ2v) is 6.12. The Hall–Kier alpha value is -2.54. The van der Waals surface area contributed by atoms with Gasteiger partial charge in [0, 0.05) is 13.1 Å². The van der Waals surface area contributed by atoms with Crippen molar-refractivity contribution >= 4 is 6.03 Å². The van der Waals surface area contributed by atoms with Crippen LogP contribution in [0.5, 0.6) is 0 Å². The van der Waals surface area contributed by atoms with Gasteiger partial charge < -0.3 is 15.4 Å². The van der Waals surface area contributed by atoms with Crippen LogP contribution in [0.1, 0.15) is 23.1 Å². The summed E-state index contributed by atoms with van der Waals surface area (Å²) in [7, 11) is 0. The van der Waals surface area contributed by atoms with Crippen LogP contribution in [0.2, 0.25) is 0 Å². The molecule has 2 aromatic rings. The highest BCUT2D eigenvalue weighted by atomic mass is 19.4. The predicted molar refractivity (Wildman–Crippen MR) is 97.2 cm³/mol. The Morgan fingerprint density at radius 2 is 1.56 bits per heavy atom. The number of hydrogen-bond acceptors (Lipinski definition) is 2. The highest BCUT2D eigenvalue weighted by Crippen LogP contribution is 2.15. The van der Waals surface area contributed by atoms with Gasteiger partial charge in [0.05, 0.1) is 6.61 Å². The number of urea groups is 1. The van der Waals surface area contributed by atoms with E-state index in [0.29, 0.717) is 18.7 Å². The van der Waals surface area contributed by atoms with Gasteiger partial charge in [0.25, 0.3) is 0 Å². The molecule has 2 aromatic carbocycles. The number of amides is 2. The summed E-state index contributed by atoms with van der Waals surface area (Å²) in [6, 6.07) is 16.7. The zero-order valence-electron chi connectivity index (χ0n) is 14.9. The van der Waals surface area contributed by atoms with Crippen LogP contribution < -0.4 is 10.6 Å². The van der Waals surface area contributed by atoms with E-state index in [1.807, 2.05) is 18.2 Å². The van der Waals surface area contributed by atoms with Crippen LogP contribution in [-0.4, -0.2) is 25.4 Å². The van der Waals surface area contributed by atoms with Crippen molar-refractivity contribution in [2.75, 3.05) is 13.2 Å². The minimum absolute atomic E-state index is 0.102. The summed E-state index contributed by atoms with van der Waals surface area (Å²) < 4.78 is 40.7. The molecule has 2 N–H and O–H groups in total. The number of hydrogen-bond donors (Lipinski definition) is 2. The Bertz CT molecular complexity index is 689. The molecule has 0 radical (unpaired) electrons. The van der Waals surface area contributed by atoms with Crippen molar-refractivity contribution in [2.24, 2.45) is 0 Å². The zero-order valence-corrected chi connectivity index (χ0v) is 14.9. The maximum Gasteiger partial charge on any atom is 0.411 e. The summed E-state index contributed by atoms with van der Waals surface area (Å²) in [6.07, 6.45) is -2.57. The molecule has 0 saturated carbocycles. The second kappa shape index (κ2) is 10.6. The van der Waals surface area contributed by atoms with E-state index in [9.17, 15) is 18.0 Å². The molecule has 2 rings (SSSR count). The Labute approximate surface area is 156 Å². The highest BCUT2D eigenvalue weighted by molar-refractivity contribution is 5.73. The smallest absolute Gasteiger partial charge is 0.367 e. The third-order valence-corrected chi connectivity index (χ3v) is 3.78. The minimum atomic E-state index is -4.32. The molecule has 2 amide bonds. The third-order valence-electron chi connectivity index (χ3n) is 3.78. The number of carbonyl (C=O) groups excluding carboxylic acids is 1. The maximum absolute atomic E-state index is 12.0. The number of nitrogens with one attached hydrogen (secondary N) is 2. The molecule has 146 valence electrons. The van der Waals surface area contributed by atoms with Gasteiger partial charge in [-0.1, -0.05) is 54.6 Å². The lowest BCUT2D eigenvalue weighted by Crippen LogP contribution is -2.35. The van der Waals surface area contributed by atoms with E-state index in [1.54, 1.807) is 24.3 Å². The van der Waals surface area contributed by atoms with E-state index in [0.717, 1.165) is 18.4 Å². The average Bonchev–Trinajstić information content (AvgIpc) is 2.64. The average molecular weight is 380 g/mol. The van der Waals surface area contributed by atoms with Gasteiger partial charge in [0.15, 0.2) is 0 Å². The fourth-order valence-corrected chi connectivity index (χ4v) is 2.42. The molecule has 4 nitrogen and oxygen atoms in total. The Morgan fingerprint density at radius 1 is 0.889 bits per heavy atom. The lowest BCUT2D eigenvalue weighted by molar-refractivity contribution is -0.176. The summed E-state index contributed by atoms with van der Waals surface area (Å²) >= 11 is 0. The van der Waals surface area contributed by atoms with Crippen LogP contribution in [0.15, 0.2) is 54.6 Å². The summed E-state index contributed by atoms with van der Waals surface area (Å²) in [6.45, 7) is -0.444. The number of halogens is 3. The SMILES string of the molecule is O=C(NCCCc1ccccc1)NCc1ccc(COCC(F)(F)F)cc1. The van der Waals surface area contributed by atoms with Gasteiger partial charge in [-0.2, -0.15) is 13.2 Å². The monoisotopic (exact) mass is 380 g/mol. The van der Waals surface area contributed by atoms with Crippen LogP contribution in [0.25, 0.3) is 0 Å². The van der Waals surface area contributed by atoms with Gasteiger partial charge in [-0.25, -0.2) is 4.79 Å². The van der Waals surface area contributed by atoms with Crippen molar-refractivity contribution < 1.29 is 22.7 Å². The second-order valence-electron chi connectivity index (χ2n) is 6.12. The van der Waals surface area contributed by atoms with Gasteiger partial charge in [-0.3, -0.25) is 0 Å². The van der Waals surface area contributed by atoms with Crippen LogP contribution in [0, 0.1) is 0 Å². The van der Waals surface area contributed by atoms with Gasteiger partial charge in [-0.05, 0) is 29.5 Å². The summed E-state index contributed by atoms with van der Waals surface area (Å²) in [4.78, 5) is 11.8. The number of ether oxygens (including phenoxy) is 1. The van der Waals surface area contributed by atoms with Gasteiger partial charge in [0.2, 0.25) is 0 Å². The maximum atomic E-state index is 12.0. The molecular weight excluding hydrogens is 357 g/mol. The molecule has 0 heterocycles. The first kappa shape index (κ1) is 20.8. The van der Waals surface area contributed by atoms with E-state index in [-0.39, 0.29) is 12.6 Å². The van der Waals surface area contributed by atoms with Gasteiger partial charge in [0.1, 0.15) is 6.61 Å². The minimum Gasteiger partial charge on any atom is -0.367 e. The number of aryl methyl sites for hydroxylation is 1. The quantitative estimate of drug-likeness (QED) is 0.641. The topological polar surface area (TPSA) is 50.4 Å². The third kappa shape index (κ3) is 9.10. The first-order chi connectivity index (χ1) is 12.9. The lowest BCUT2D eigenvalue weighted by atomic mass is 10.1. The lowest BCUT2D eigenvalue weighted by Gasteiger charge is -2.09. The van der Waals surface area contributed by atoms with Crippen molar-refractivity contribution in [2.45, 2.75) is 32.2 Å². The Balaban J connectivity index is 1.60. The summed E-state index contributed by atoms with van der Waals surface area (Å²) in [5.41, 5.74) is 2.74. The van der Waals surface area contributed by atoms with Gasteiger partial charge >= 0.3 is 12.2 Å². The largest absolute Gasteiger partial charge is 0.411 e.